The van der Waals surface area contributed by atoms with Crippen LogP contribution in [0.3, 0.4) is 0 Å². The molecule has 6 nitrogen and oxygen atoms in total. The van der Waals surface area contributed by atoms with E-state index < -0.39 is 17.9 Å². The Balaban J connectivity index is 4.05. The predicted molar refractivity (Wildman–Crippen MR) is 71.0 cm³/mol. The molecule has 0 radical (unpaired) electrons. The van der Waals surface area contributed by atoms with Crippen molar-refractivity contribution in [3.63, 3.8) is 0 Å². The van der Waals surface area contributed by atoms with Crippen molar-refractivity contribution >= 4 is 11.9 Å². The fourth-order valence-electron chi connectivity index (χ4n) is 1.38. The third-order valence-electron chi connectivity index (χ3n) is 2.48. The van der Waals surface area contributed by atoms with Gasteiger partial charge in [0.1, 0.15) is 12.6 Å². The van der Waals surface area contributed by atoms with Crippen LogP contribution in [0.15, 0.2) is 0 Å². The number of carbonyl (C=O) groups is 2. The lowest BCUT2D eigenvalue weighted by Gasteiger charge is -2.21. The Morgan fingerprint density at radius 2 is 1.89 bits per heavy atom. The minimum absolute atomic E-state index is 0.0351. The number of amides is 1. The van der Waals surface area contributed by atoms with Gasteiger partial charge in [0.25, 0.3) is 0 Å². The predicted octanol–water partition coefficient (Wildman–Crippen LogP) is 1.05. The molecule has 1 amide bonds. The Morgan fingerprint density at radius 1 is 1.26 bits per heavy atom. The first-order chi connectivity index (χ1) is 8.76. The van der Waals surface area contributed by atoms with Crippen molar-refractivity contribution in [2.45, 2.75) is 39.7 Å². The maximum absolute atomic E-state index is 11.5. The Bertz CT molecular complexity index is 285. The Labute approximate surface area is 114 Å². The average Bonchev–Trinajstić information content (AvgIpc) is 2.28. The molecule has 0 aliphatic rings. The van der Waals surface area contributed by atoms with Gasteiger partial charge in [-0.05, 0) is 18.3 Å². The third kappa shape index (κ3) is 10.5. The molecule has 2 N–H and O–H groups in total. The topological polar surface area (TPSA) is 84.9 Å². The van der Waals surface area contributed by atoms with Crippen LogP contribution in [-0.2, 0) is 19.1 Å². The lowest BCUT2D eigenvalue weighted by molar-refractivity contribution is -0.143. The van der Waals surface area contributed by atoms with Crippen LogP contribution in [0.1, 0.15) is 33.6 Å². The molecule has 1 unspecified atom stereocenters. The van der Waals surface area contributed by atoms with E-state index in [0.717, 1.165) is 6.42 Å². The van der Waals surface area contributed by atoms with Crippen molar-refractivity contribution < 1.29 is 24.2 Å². The van der Waals surface area contributed by atoms with Crippen molar-refractivity contribution in [1.82, 2.24) is 5.32 Å². The van der Waals surface area contributed by atoms with Gasteiger partial charge < -0.3 is 19.9 Å². The largest absolute Gasteiger partial charge is 0.480 e. The summed E-state index contributed by atoms with van der Waals surface area (Å²) in [5.74, 6) is -1.44. The first-order valence-electron chi connectivity index (χ1n) is 6.35. The number of methoxy groups -OCH3 is 1. The van der Waals surface area contributed by atoms with Gasteiger partial charge in [-0.15, -0.1) is 0 Å². The van der Waals surface area contributed by atoms with Gasteiger partial charge in [0.15, 0.2) is 0 Å². The van der Waals surface area contributed by atoms with E-state index in [9.17, 15) is 9.59 Å². The SMILES string of the molecule is COCCOCC(=O)NC(CCC(C)(C)C)C(=O)O. The van der Waals surface area contributed by atoms with Crippen LogP contribution >= 0.6 is 0 Å². The molecule has 0 aliphatic heterocycles. The van der Waals surface area contributed by atoms with Crippen LogP contribution in [0.2, 0.25) is 0 Å². The number of aliphatic carboxylic acids is 1. The highest BCUT2D eigenvalue weighted by atomic mass is 16.5. The van der Waals surface area contributed by atoms with E-state index >= 15 is 0 Å². The van der Waals surface area contributed by atoms with Crippen LogP contribution in [0.25, 0.3) is 0 Å². The van der Waals surface area contributed by atoms with Crippen LogP contribution < -0.4 is 5.32 Å². The quantitative estimate of drug-likeness (QED) is 0.614. The summed E-state index contributed by atoms with van der Waals surface area (Å²) in [6.07, 6.45) is 1.12. The molecule has 1 atom stereocenters. The number of carbonyl (C=O) groups excluding carboxylic acids is 1. The minimum Gasteiger partial charge on any atom is -0.480 e. The molecular formula is C13H25NO5. The highest BCUT2D eigenvalue weighted by Crippen LogP contribution is 2.21. The van der Waals surface area contributed by atoms with E-state index in [4.69, 9.17) is 14.6 Å². The highest BCUT2D eigenvalue weighted by Gasteiger charge is 2.22. The van der Waals surface area contributed by atoms with Gasteiger partial charge in [-0.1, -0.05) is 20.8 Å². The second-order valence-electron chi connectivity index (χ2n) is 5.60. The van der Waals surface area contributed by atoms with Gasteiger partial charge in [-0.2, -0.15) is 0 Å². The van der Waals surface area contributed by atoms with Crippen molar-refractivity contribution in [3.8, 4) is 0 Å². The zero-order valence-electron chi connectivity index (χ0n) is 12.2. The second kappa shape index (κ2) is 8.87. The monoisotopic (exact) mass is 275 g/mol. The van der Waals surface area contributed by atoms with Crippen molar-refractivity contribution in [1.29, 1.82) is 0 Å². The first-order valence-corrected chi connectivity index (χ1v) is 6.35. The number of carboxylic acids is 1. The summed E-state index contributed by atoms with van der Waals surface area (Å²) in [5, 5.41) is 11.5. The zero-order valence-corrected chi connectivity index (χ0v) is 12.2. The first kappa shape index (κ1) is 17.9. The van der Waals surface area contributed by atoms with Gasteiger partial charge in [0.2, 0.25) is 5.91 Å². The molecule has 112 valence electrons. The number of hydrogen-bond acceptors (Lipinski definition) is 4. The van der Waals surface area contributed by atoms with Crippen molar-refractivity contribution in [2.75, 3.05) is 26.9 Å². The third-order valence-corrected chi connectivity index (χ3v) is 2.48. The fourth-order valence-corrected chi connectivity index (χ4v) is 1.38. The summed E-state index contributed by atoms with van der Waals surface area (Å²) in [7, 11) is 1.54. The standard InChI is InChI=1S/C13H25NO5/c1-13(2,3)6-5-10(12(16)17)14-11(15)9-19-8-7-18-4/h10H,5-9H2,1-4H3,(H,14,15)(H,16,17). The molecule has 0 aliphatic carbocycles. The average molecular weight is 275 g/mol. The van der Waals surface area contributed by atoms with E-state index in [1.807, 2.05) is 20.8 Å². The van der Waals surface area contributed by atoms with Crippen LogP contribution in [0.4, 0.5) is 0 Å². The van der Waals surface area contributed by atoms with E-state index in [-0.39, 0.29) is 12.0 Å². The molecule has 19 heavy (non-hydrogen) atoms. The molecular weight excluding hydrogens is 250 g/mol. The summed E-state index contributed by atoms with van der Waals surface area (Å²) in [5.41, 5.74) is 0.0351. The number of rotatable bonds is 9. The van der Waals surface area contributed by atoms with E-state index in [0.29, 0.717) is 19.6 Å². The summed E-state index contributed by atoms with van der Waals surface area (Å²) in [6.45, 7) is 6.65. The number of carboxylic acid groups (broad SMARTS) is 1. The van der Waals surface area contributed by atoms with E-state index in [2.05, 4.69) is 5.32 Å². The molecule has 6 heteroatoms. The molecule has 0 rings (SSSR count). The summed E-state index contributed by atoms with van der Waals surface area (Å²) >= 11 is 0. The van der Waals surface area contributed by atoms with Crippen LogP contribution in [-0.4, -0.2) is 50.0 Å². The molecule has 0 saturated carbocycles. The molecule has 0 bridgehead atoms. The Morgan fingerprint density at radius 3 is 2.37 bits per heavy atom. The molecule has 0 fully saturated rings. The lowest BCUT2D eigenvalue weighted by Crippen LogP contribution is -2.43. The van der Waals surface area contributed by atoms with Crippen molar-refractivity contribution in [2.24, 2.45) is 5.41 Å². The molecule has 0 aromatic carbocycles. The summed E-state index contributed by atoms with van der Waals surface area (Å²) < 4.78 is 9.80. The summed E-state index contributed by atoms with van der Waals surface area (Å²) in [6, 6.07) is -0.863. The van der Waals surface area contributed by atoms with E-state index in [1.165, 1.54) is 7.11 Å². The zero-order chi connectivity index (χ0) is 14.9. The maximum Gasteiger partial charge on any atom is 0.326 e. The molecule has 0 spiro atoms. The lowest BCUT2D eigenvalue weighted by atomic mass is 9.88. The summed E-state index contributed by atoms with van der Waals surface area (Å²) in [4.78, 5) is 22.6. The number of hydrogen-bond donors (Lipinski definition) is 2. The van der Waals surface area contributed by atoms with Gasteiger partial charge in [0.05, 0.1) is 13.2 Å². The van der Waals surface area contributed by atoms with Gasteiger partial charge in [-0.3, -0.25) is 4.79 Å². The smallest absolute Gasteiger partial charge is 0.326 e. The fraction of sp³-hybridized carbons (Fsp3) is 0.846. The molecule has 0 aromatic heterocycles. The Hall–Kier alpha value is -1.14. The van der Waals surface area contributed by atoms with Gasteiger partial charge in [0, 0.05) is 7.11 Å². The maximum atomic E-state index is 11.5. The van der Waals surface area contributed by atoms with Crippen LogP contribution in [0, 0.1) is 5.41 Å². The molecule has 0 heterocycles. The van der Waals surface area contributed by atoms with Crippen molar-refractivity contribution in [3.05, 3.63) is 0 Å². The van der Waals surface area contributed by atoms with Crippen LogP contribution in [0.5, 0.6) is 0 Å². The van der Waals surface area contributed by atoms with Gasteiger partial charge >= 0.3 is 5.97 Å². The Kier molecular flexibility index (Phi) is 8.34. The van der Waals surface area contributed by atoms with Gasteiger partial charge in [-0.25, -0.2) is 4.79 Å². The number of ether oxygens (including phenoxy) is 2. The minimum atomic E-state index is -1.02. The molecule has 0 aromatic rings. The second-order valence-corrected chi connectivity index (χ2v) is 5.60. The number of nitrogens with one attached hydrogen (secondary N) is 1. The highest BCUT2D eigenvalue weighted by molar-refractivity contribution is 5.84. The normalized spacial score (nSPS) is 13.1. The van der Waals surface area contributed by atoms with E-state index in [1.54, 1.807) is 0 Å². The molecule has 0 saturated heterocycles.